The molecule has 1 heterocycles. The molecular formula is C11H16F3N5. The predicted octanol–water partition coefficient (Wildman–Crippen LogP) is 2.67. The number of nitrogen functional groups attached to an aromatic ring is 1. The zero-order valence-electron chi connectivity index (χ0n) is 10.8. The van der Waals surface area contributed by atoms with Crippen LogP contribution in [0.25, 0.3) is 0 Å². The maximum atomic E-state index is 12.2. The Kier molecular flexibility index (Phi) is 4.64. The molecule has 1 rings (SSSR count). The molecule has 0 saturated carbocycles. The van der Waals surface area contributed by atoms with Gasteiger partial charge in [-0.25, -0.2) is 4.68 Å². The summed E-state index contributed by atoms with van der Waals surface area (Å²) in [7, 11) is 0. The molecule has 0 bridgehead atoms. The monoisotopic (exact) mass is 275 g/mol. The Balaban J connectivity index is 3.06. The third kappa shape index (κ3) is 3.53. The number of nitrogens with one attached hydrogen (secondary N) is 1. The zero-order chi connectivity index (χ0) is 14.6. The molecule has 19 heavy (non-hydrogen) atoms. The summed E-state index contributed by atoms with van der Waals surface area (Å²) in [6.45, 7) is 2.59. The largest absolute Gasteiger partial charge is 0.405 e. The topological polar surface area (TPSA) is 79.7 Å². The van der Waals surface area contributed by atoms with Crippen LogP contribution in [0.1, 0.15) is 38.3 Å². The number of nitriles is 1. The Morgan fingerprint density at radius 3 is 2.42 bits per heavy atom. The van der Waals surface area contributed by atoms with Crippen molar-refractivity contribution in [2.75, 3.05) is 17.6 Å². The fourth-order valence-electron chi connectivity index (χ4n) is 1.78. The second-order valence-corrected chi connectivity index (χ2v) is 4.10. The van der Waals surface area contributed by atoms with Crippen molar-refractivity contribution in [1.82, 2.24) is 9.78 Å². The van der Waals surface area contributed by atoms with Crippen LogP contribution in [-0.2, 0) is 0 Å². The molecule has 5 nitrogen and oxygen atoms in total. The van der Waals surface area contributed by atoms with Crippen LogP contribution >= 0.6 is 0 Å². The highest BCUT2D eigenvalue weighted by Crippen LogP contribution is 2.27. The molecule has 0 aliphatic heterocycles. The van der Waals surface area contributed by atoms with Crippen molar-refractivity contribution in [2.24, 2.45) is 0 Å². The summed E-state index contributed by atoms with van der Waals surface area (Å²) in [5.74, 6) is -0.0231. The molecule has 106 valence electrons. The van der Waals surface area contributed by atoms with Crippen LogP contribution in [0.5, 0.6) is 0 Å². The van der Waals surface area contributed by atoms with Gasteiger partial charge in [-0.2, -0.15) is 23.5 Å². The van der Waals surface area contributed by atoms with Crippen molar-refractivity contribution < 1.29 is 13.2 Å². The van der Waals surface area contributed by atoms with E-state index in [9.17, 15) is 13.2 Å². The molecule has 0 unspecified atom stereocenters. The summed E-state index contributed by atoms with van der Waals surface area (Å²) in [5.41, 5.74) is 5.72. The van der Waals surface area contributed by atoms with E-state index in [4.69, 9.17) is 11.0 Å². The third-order valence-electron chi connectivity index (χ3n) is 2.80. The molecule has 0 aromatic carbocycles. The predicted molar refractivity (Wildman–Crippen MR) is 65.5 cm³/mol. The van der Waals surface area contributed by atoms with Crippen molar-refractivity contribution in [3.05, 3.63) is 5.56 Å². The van der Waals surface area contributed by atoms with E-state index in [2.05, 4.69) is 10.4 Å². The van der Waals surface area contributed by atoms with Crippen molar-refractivity contribution in [3.8, 4) is 6.07 Å². The number of aromatic nitrogens is 2. The second kappa shape index (κ2) is 5.82. The first-order chi connectivity index (χ1) is 8.84. The number of nitrogens with two attached hydrogens (primary N) is 1. The van der Waals surface area contributed by atoms with Gasteiger partial charge < -0.3 is 11.1 Å². The number of anilines is 2. The van der Waals surface area contributed by atoms with Gasteiger partial charge in [0.2, 0.25) is 0 Å². The van der Waals surface area contributed by atoms with Crippen LogP contribution < -0.4 is 11.1 Å². The van der Waals surface area contributed by atoms with Crippen molar-refractivity contribution in [1.29, 1.82) is 5.26 Å². The van der Waals surface area contributed by atoms with E-state index in [0.29, 0.717) is 0 Å². The van der Waals surface area contributed by atoms with Gasteiger partial charge in [0.05, 0.1) is 6.04 Å². The van der Waals surface area contributed by atoms with Gasteiger partial charge in [-0.3, -0.25) is 0 Å². The van der Waals surface area contributed by atoms with Gasteiger partial charge in [0, 0.05) is 0 Å². The van der Waals surface area contributed by atoms with Gasteiger partial charge in [-0.1, -0.05) is 13.8 Å². The van der Waals surface area contributed by atoms with Crippen LogP contribution in [-0.4, -0.2) is 22.5 Å². The number of alkyl halides is 3. The summed E-state index contributed by atoms with van der Waals surface area (Å²) in [4.78, 5) is 0. The highest BCUT2D eigenvalue weighted by atomic mass is 19.4. The Morgan fingerprint density at radius 2 is 2.00 bits per heavy atom. The van der Waals surface area contributed by atoms with Crippen LogP contribution in [0.4, 0.5) is 24.8 Å². The standard InChI is InChI=1S/C11H16F3N5/c1-3-7(4-2)19-9(16)8(5-15)10(18-19)17-6-11(12,13)14/h7H,3-4,6,16H2,1-2H3,(H,17,18). The Bertz CT molecular complexity index is 468. The molecule has 1 aromatic rings. The van der Waals surface area contributed by atoms with Crippen LogP contribution in [0, 0.1) is 11.3 Å². The van der Waals surface area contributed by atoms with Gasteiger partial charge in [0.1, 0.15) is 24.0 Å². The lowest BCUT2D eigenvalue weighted by Crippen LogP contribution is -2.22. The number of hydrogen-bond acceptors (Lipinski definition) is 4. The SMILES string of the molecule is CCC(CC)n1nc(NCC(F)(F)F)c(C#N)c1N. The van der Waals surface area contributed by atoms with Crippen molar-refractivity contribution in [2.45, 2.75) is 38.9 Å². The molecule has 0 fully saturated rings. The molecule has 0 radical (unpaired) electrons. The minimum atomic E-state index is -4.37. The molecule has 3 N–H and O–H groups in total. The molecule has 0 amide bonds. The van der Waals surface area contributed by atoms with Gasteiger partial charge in [0.15, 0.2) is 5.82 Å². The van der Waals surface area contributed by atoms with E-state index < -0.39 is 12.7 Å². The second-order valence-electron chi connectivity index (χ2n) is 4.10. The molecule has 1 aromatic heterocycles. The lowest BCUT2D eigenvalue weighted by Gasteiger charge is -2.14. The summed E-state index contributed by atoms with van der Waals surface area (Å²) >= 11 is 0. The third-order valence-corrected chi connectivity index (χ3v) is 2.80. The Labute approximate surface area is 109 Å². The van der Waals surface area contributed by atoms with Gasteiger partial charge >= 0.3 is 6.18 Å². The van der Waals surface area contributed by atoms with E-state index in [0.717, 1.165) is 12.8 Å². The summed E-state index contributed by atoms with van der Waals surface area (Å²) in [6.07, 6.45) is -2.92. The van der Waals surface area contributed by atoms with E-state index >= 15 is 0 Å². The van der Waals surface area contributed by atoms with Crippen LogP contribution in [0.15, 0.2) is 0 Å². The van der Waals surface area contributed by atoms with E-state index in [1.54, 1.807) is 6.07 Å². The average molecular weight is 275 g/mol. The fraction of sp³-hybridized carbons (Fsp3) is 0.636. The zero-order valence-corrected chi connectivity index (χ0v) is 10.8. The maximum absolute atomic E-state index is 12.2. The molecular weight excluding hydrogens is 259 g/mol. The minimum Gasteiger partial charge on any atom is -0.383 e. The maximum Gasteiger partial charge on any atom is 0.405 e. The first-order valence-electron chi connectivity index (χ1n) is 5.92. The van der Waals surface area contributed by atoms with Crippen molar-refractivity contribution >= 4 is 11.6 Å². The van der Waals surface area contributed by atoms with E-state index in [-0.39, 0.29) is 23.2 Å². The average Bonchev–Trinajstić information content (AvgIpc) is 2.65. The van der Waals surface area contributed by atoms with Gasteiger partial charge in [-0.05, 0) is 12.8 Å². The molecule has 0 atom stereocenters. The number of nitrogens with zero attached hydrogens (tertiary/aromatic N) is 3. The highest BCUT2D eigenvalue weighted by Gasteiger charge is 2.28. The minimum absolute atomic E-state index is 0.0338. The van der Waals surface area contributed by atoms with Crippen molar-refractivity contribution in [3.63, 3.8) is 0 Å². The number of rotatable bonds is 5. The first-order valence-corrected chi connectivity index (χ1v) is 5.92. The smallest absolute Gasteiger partial charge is 0.383 e. The molecule has 0 aliphatic carbocycles. The quantitative estimate of drug-likeness (QED) is 0.865. The molecule has 0 spiro atoms. The number of halogens is 3. The lowest BCUT2D eigenvalue weighted by atomic mass is 10.2. The number of hydrogen-bond donors (Lipinski definition) is 2. The lowest BCUT2D eigenvalue weighted by molar-refractivity contribution is -0.115. The summed E-state index contributed by atoms with van der Waals surface area (Å²) < 4.78 is 37.9. The van der Waals surface area contributed by atoms with Gasteiger partial charge in [-0.15, -0.1) is 0 Å². The van der Waals surface area contributed by atoms with Crippen LogP contribution in [0.3, 0.4) is 0 Å². The van der Waals surface area contributed by atoms with E-state index in [1.807, 2.05) is 13.8 Å². The highest BCUT2D eigenvalue weighted by molar-refractivity contribution is 5.64. The molecule has 0 saturated heterocycles. The fourth-order valence-corrected chi connectivity index (χ4v) is 1.78. The summed E-state index contributed by atoms with van der Waals surface area (Å²) in [6, 6.07) is 1.75. The van der Waals surface area contributed by atoms with E-state index in [1.165, 1.54) is 4.68 Å². The first kappa shape index (κ1) is 15.1. The molecule has 0 aliphatic rings. The Morgan fingerprint density at radius 1 is 1.42 bits per heavy atom. The normalized spacial score (nSPS) is 11.6. The summed E-state index contributed by atoms with van der Waals surface area (Å²) in [5, 5.41) is 15.1. The molecule has 8 heteroatoms. The van der Waals surface area contributed by atoms with Crippen LogP contribution in [0.2, 0.25) is 0 Å². The Hall–Kier alpha value is -1.91. The van der Waals surface area contributed by atoms with Gasteiger partial charge in [0.25, 0.3) is 0 Å².